The molecule has 70 valence electrons. The number of anilines is 1. The van der Waals surface area contributed by atoms with E-state index in [0.29, 0.717) is 5.56 Å². The van der Waals surface area contributed by atoms with Crippen LogP contribution in [0, 0.1) is 5.82 Å². The Bertz CT molecular complexity index is 354. The van der Waals surface area contributed by atoms with Gasteiger partial charge in [-0.3, -0.25) is 4.79 Å². The van der Waals surface area contributed by atoms with Crippen LogP contribution in [-0.4, -0.2) is 11.1 Å². The van der Waals surface area contributed by atoms with E-state index in [1.165, 1.54) is 6.07 Å². The van der Waals surface area contributed by atoms with Crippen LogP contribution >= 0.6 is 11.6 Å². The molecule has 0 radical (unpaired) electrons. The number of aliphatic carboxylic acids is 1. The molecule has 0 amide bonds. The van der Waals surface area contributed by atoms with E-state index < -0.39 is 11.8 Å². The lowest BCUT2D eigenvalue weighted by atomic mass is 10.1. The molecule has 0 atom stereocenters. The fraction of sp³-hybridized carbons (Fsp3) is 0.125. The number of halogens is 2. The summed E-state index contributed by atoms with van der Waals surface area (Å²) >= 11 is 5.47. The smallest absolute Gasteiger partial charge is 0.307 e. The number of rotatable bonds is 2. The largest absolute Gasteiger partial charge is 0.481 e. The number of benzene rings is 1. The van der Waals surface area contributed by atoms with Gasteiger partial charge >= 0.3 is 5.97 Å². The monoisotopic (exact) mass is 203 g/mol. The second-order valence-electron chi connectivity index (χ2n) is 2.50. The van der Waals surface area contributed by atoms with E-state index in [9.17, 15) is 9.18 Å². The lowest BCUT2D eigenvalue weighted by Crippen LogP contribution is -2.04. The maximum Gasteiger partial charge on any atom is 0.307 e. The molecular weight excluding hydrogens is 197 g/mol. The summed E-state index contributed by atoms with van der Waals surface area (Å²) < 4.78 is 12.7. The minimum Gasteiger partial charge on any atom is -0.481 e. The highest BCUT2D eigenvalue weighted by atomic mass is 35.5. The van der Waals surface area contributed by atoms with E-state index in [-0.39, 0.29) is 17.1 Å². The molecule has 0 fully saturated rings. The van der Waals surface area contributed by atoms with Crippen molar-refractivity contribution in [2.24, 2.45) is 0 Å². The highest BCUT2D eigenvalue weighted by Crippen LogP contribution is 2.26. The second-order valence-corrected chi connectivity index (χ2v) is 2.88. The van der Waals surface area contributed by atoms with Crippen LogP contribution in [0.4, 0.5) is 10.1 Å². The van der Waals surface area contributed by atoms with Crippen LogP contribution in [0.1, 0.15) is 5.56 Å². The predicted molar refractivity (Wildman–Crippen MR) is 47.2 cm³/mol. The van der Waals surface area contributed by atoms with Crippen LogP contribution in [-0.2, 0) is 11.2 Å². The van der Waals surface area contributed by atoms with E-state index in [0.717, 1.165) is 6.07 Å². The molecule has 0 bridgehead atoms. The average Bonchev–Trinajstić information content (AvgIpc) is 2.06. The third-order valence-corrected chi connectivity index (χ3v) is 1.95. The van der Waals surface area contributed by atoms with Crippen molar-refractivity contribution in [2.45, 2.75) is 6.42 Å². The SMILES string of the molecule is Nc1c(CC(=O)O)ccc(F)c1Cl. The molecule has 0 unspecified atom stereocenters. The summed E-state index contributed by atoms with van der Waals surface area (Å²) in [6.07, 6.45) is -0.258. The quantitative estimate of drug-likeness (QED) is 0.719. The molecule has 0 aliphatic heterocycles. The van der Waals surface area contributed by atoms with Gasteiger partial charge in [0.05, 0.1) is 17.1 Å². The molecule has 3 N–H and O–H groups in total. The van der Waals surface area contributed by atoms with Crippen molar-refractivity contribution in [1.82, 2.24) is 0 Å². The van der Waals surface area contributed by atoms with Gasteiger partial charge in [-0.2, -0.15) is 0 Å². The standard InChI is InChI=1S/C8H7ClFNO2/c9-7-5(10)2-1-4(8(7)11)3-6(12)13/h1-2H,3,11H2,(H,12,13). The molecule has 1 aromatic carbocycles. The van der Waals surface area contributed by atoms with Crippen LogP contribution in [0.5, 0.6) is 0 Å². The summed E-state index contributed by atoms with van der Waals surface area (Å²) in [6, 6.07) is 2.40. The number of hydrogen-bond donors (Lipinski definition) is 2. The molecule has 3 nitrogen and oxygen atoms in total. The molecule has 0 spiro atoms. The van der Waals surface area contributed by atoms with E-state index in [1.807, 2.05) is 0 Å². The second kappa shape index (κ2) is 3.62. The summed E-state index contributed by atoms with van der Waals surface area (Å²) in [5, 5.41) is 8.24. The third kappa shape index (κ3) is 2.09. The van der Waals surface area contributed by atoms with E-state index in [4.69, 9.17) is 22.4 Å². The molecule has 1 aromatic rings. The Hall–Kier alpha value is -1.29. The zero-order valence-electron chi connectivity index (χ0n) is 6.55. The van der Waals surface area contributed by atoms with Gasteiger partial charge in [0, 0.05) is 0 Å². The number of nitrogen functional groups attached to an aromatic ring is 1. The third-order valence-electron chi connectivity index (χ3n) is 1.56. The van der Waals surface area contributed by atoms with Gasteiger partial charge in [0.1, 0.15) is 5.82 Å². The van der Waals surface area contributed by atoms with Crippen molar-refractivity contribution >= 4 is 23.3 Å². The summed E-state index contributed by atoms with van der Waals surface area (Å²) in [4.78, 5) is 10.3. The van der Waals surface area contributed by atoms with Gasteiger partial charge in [0.2, 0.25) is 0 Å². The van der Waals surface area contributed by atoms with Crippen molar-refractivity contribution in [3.05, 3.63) is 28.5 Å². The normalized spacial score (nSPS) is 10.0. The minimum atomic E-state index is -1.03. The van der Waals surface area contributed by atoms with Crippen molar-refractivity contribution in [3.8, 4) is 0 Å². The fourth-order valence-corrected chi connectivity index (χ4v) is 1.11. The number of hydrogen-bond acceptors (Lipinski definition) is 2. The van der Waals surface area contributed by atoms with Gasteiger partial charge in [0.15, 0.2) is 0 Å². The molecule has 0 aliphatic carbocycles. The molecule has 0 saturated carbocycles. The number of carboxylic acid groups (broad SMARTS) is 1. The maximum atomic E-state index is 12.7. The molecule has 0 saturated heterocycles. The maximum absolute atomic E-state index is 12.7. The minimum absolute atomic E-state index is 0.0101. The van der Waals surface area contributed by atoms with Gasteiger partial charge in [-0.1, -0.05) is 17.7 Å². The molecule has 13 heavy (non-hydrogen) atoms. The van der Waals surface area contributed by atoms with Crippen molar-refractivity contribution in [1.29, 1.82) is 0 Å². The topological polar surface area (TPSA) is 63.3 Å². The summed E-state index contributed by atoms with van der Waals surface area (Å²) in [5.41, 5.74) is 5.70. The summed E-state index contributed by atoms with van der Waals surface area (Å²) in [5.74, 6) is -1.68. The van der Waals surface area contributed by atoms with Crippen LogP contribution in [0.25, 0.3) is 0 Å². The Morgan fingerprint density at radius 2 is 2.23 bits per heavy atom. The van der Waals surface area contributed by atoms with Gasteiger partial charge in [-0.25, -0.2) is 4.39 Å². The number of carboxylic acids is 1. The zero-order valence-corrected chi connectivity index (χ0v) is 7.31. The first-order valence-corrected chi connectivity index (χ1v) is 3.84. The molecule has 0 heterocycles. The number of nitrogens with two attached hydrogens (primary N) is 1. The van der Waals surface area contributed by atoms with Gasteiger partial charge in [-0.15, -0.1) is 0 Å². The first-order chi connectivity index (χ1) is 6.02. The molecule has 1 rings (SSSR count). The Balaban J connectivity index is 3.10. The fourth-order valence-electron chi connectivity index (χ4n) is 0.923. The van der Waals surface area contributed by atoms with Crippen LogP contribution < -0.4 is 5.73 Å². The number of carbonyl (C=O) groups is 1. The average molecular weight is 204 g/mol. The van der Waals surface area contributed by atoms with Crippen LogP contribution in [0.3, 0.4) is 0 Å². The highest BCUT2D eigenvalue weighted by molar-refractivity contribution is 6.33. The molecular formula is C8H7ClFNO2. The first-order valence-electron chi connectivity index (χ1n) is 3.46. The Morgan fingerprint density at radius 1 is 1.62 bits per heavy atom. The van der Waals surface area contributed by atoms with Crippen LogP contribution in [0.15, 0.2) is 12.1 Å². The van der Waals surface area contributed by atoms with Gasteiger partial charge < -0.3 is 10.8 Å². The Labute approximate surface area is 78.9 Å². The van der Waals surface area contributed by atoms with Crippen molar-refractivity contribution in [3.63, 3.8) is 0 Å². The van der Waals surface area contributed by atoms with Crippen LogP contribution in [0.2, 0.25) is 5.02 Å². The lowest BCUT2D eigenvalue weighted by molar-refractivity contribution is -0.136. The zero-order chi connectivity index (χ0) is 10.0. The van der Waals surface area contributed by atoms with Crippen molar-refractivity contribution in [2.75, 3.05) is 5.73 Å². The predicted octanol–water partition coefficient (Wildman–Crippen LogP) is 1.69. The van der Waals surface area contributed by atoms with Gasteiger partial charge in [0.25, 0.3) is 0 Å². The molecule has 0 aliphatic rings. The first kappa shape index (κ1) is 9.80. The lowest BCUT2D eigenvalue weighted by Gasteiger charge is -2.04. The molecule has 5 heteroatoms. The van der Waals surface area contributed by atoms with Gasteiger partial charge in [-0.05, 0) is 11.6 Å². The highest BCUT2D eigenvalue weighted by Gasteiger charge is 2.10. The Morgan fingerprint density at radius 3 is 2.77 bits per heavy atom. The van der Waals surface area contributed by atoms with E-state index in [1.54, 1.807) is 0 Å². The summed E-state index contributed by atoms with van der Waals surface area (Å²) in [6.45, 7) is 0. The van der Waals surface area contributed by atoms with E-state index in [2.05, 4.69) is 0 Å². The molecule has 0 aromatic heterocycles. The van der Waals surface area contributed by atoms with E-state index >= 15 is 0 Å². The Kier molecular flexibility index (Phi) is 2.72. The van der Waals surface area contributed by atoms with Crippen molar-refractivity contribution < 1.29 is 14.3 Å². The summed E-state index contributed by atoms with van der Waals surface area (Å²) in [7, 11) is 0.